The molecule has 1 saturated carbocycles. The van der Waals surface area contributed by atoms with Crippen molar-refractivity contribution >= 4 is 40.9 Å². The number of piperidine rings is 1. The van der Waals surface area contributed by atoms with Crippen molar-refractivity contribution in [2.24, 2.45) is 5.92 Å². The molecule has 3 aliphatic heterocycles. The highest BCUT2D eigenvalue weighted by atomic mass is 16.2. The van der Waals surface area contributed by atoms with E-state index >= 15 is 0 Å². The van der Waals surface area contributed by atoms with Crippen LogP contribution in [-0.2, 0) is 19.9 Å². The Morgan fingerprint density at radius 2 is 1.77 bits per heavy atom. The molecule has 0 spiro atoms. The van der Waals surface area contributed by atoms with Crippen LogP contribution in [0.1, 0.15) is 88.5 Å². The van der Waals surface area contributed by atoms with Crippen LogP contribution in [0.5, 0.6) is 0 Å². The zero-order valence-corrected chi connectivity index (χ0v) is 26.8. The molecule has 5 amide bonds. The summed E-state index contributed by atoms with van der Waals surface area (Å²) in [5.74, 6) is 4.62. The summed E-state index contributed by atoms with van der Waals surface area (Å²) < 4.78 is 1.68. The van der Waals surface area contributed by atoms with Gasteiger partial charge >= 0.3 is 0 Å². The van der Waals surface area contributed by atoms with Crippen LogP contribution < -0.4 is 15.5 Å². The second kappa shape index (κ2) is 11.5. The summed E-state index contributed by atoms with van der Waals surface area (Å²) in [7, 11) is 0. The van der Waals surface area contributed by atoms with Crippen LogP contribution >= 0.6 is 0 Å². The third kappa shape index (κ3) is 5.29. The Morgan fingerprint density at radius 1 is 1.02 bits per heavy atom. The molecule has 0 bridgehead atoms. The first-order chi connectivity index (χ1) is 23.0. The van der Waals surface area contributed by atoms with E-state index in [1.807, 2.05) is 26.8 Å². The van der Waals surface area contributed by atoms with Crippen molar-refractivity contribution < 1.29 is 24.0 Å². The third-order valence-corrected chi connectivity index (χ3v) is 9.62. The zero-order chi connectivity index (χ0) is 33.9. The summed E-state index contributed by atoms with van der Waals surface area (Å²) in [6, 6.07) is 11.6. The third-order valence-electron chi connectivity index (χ3n) is 9.62. The van der Waals surface area contributed by atoms with Crippen molar-refractivity contribution in [2.45, 2.75) is 64.0 Å². The fourth-order valence-corrected chi connectivity index (χ4v) is 6.56. The molecule has 1 aliphatic carbocycles. The number of anilines is 2. The van der Waals surface area contributed by atoms with E-state index in [0.717, 1.165) is 45.9 Å². The van der Waals surface area contributed by atoms with Crippen LogP contribution in [-0.4, -0.2) is 63.3 Å². The summed E-state index contributed by atoms with van der Waals surface area (Å²) >= 11 is 0. The van der Waals surface area contributed by atoms with Gasteiger partial charge in [0.25, 0.3) is 17.7 Å². The van der Waals surface area contributed by atoms with E-state index in [2.05, 4.69) is 38.5 Å². The van der Waals surface area contributed by atoms with Crippen molar-refractivity contribution in [1.29, 1.82) is 5.26 Å². The van der Waals surface area contributed by atoms with Gasteiger partial charge < -0.3 is 10.2 Å². The largest absolute Gasteiger partial charge is 0.369 e. The van der Waals surface area contributed by atoms with Crippen LogP contribution in [0.15, 0.2) is 42.6 Å². The van der Waals surface area contributed by atoms with E-state index in [0.29, 0.717) is 24.6 Å². The molecule has 12 heteroatoms. The Balaban J connectivity index is 0.998. The first kappa shape index (κ1) is 30.9. The summed E-state index contributed by atoms with van der Waals surface area (Å²) in [6.07, 6.45) is 3.93. The first-order valence-electron chi connectivity index (χ1n) is 16.0. The molecule has 48 heavy (non-hydrogen) atoms. The van der Waals surface area contributed by atoms with Gasteiger partial charge in [0.05, 0.1) is 46.1 Å². The van der Waals surface area contributed by atoms with Crippen molar-refractivity contribution in [3.63, 3.8) is 0 Å². The fraction of sp³-hybridized carbons (Fsp3) is 0.361. The van der Waals surface area contributed by atoms with Gasteiger partial charge in [-0.3, -0.25) is 38.9 Å². The number of nitrogens with one attached hydrogen (secondary N) is 2. The number of rotatable bonds is 6. The van der Waals surface area contributed by atoms with Gasteiger partial charge in [0.2, 0.25) is 11.8 Å². The number of amides is 5. The quantitative estimate of drug-likeness (QED) is 0.306. The average molecular weight is 644 g/mol. The van der Waals surface area contributed by atoms with Crippen molar-refractivity contribution in [3.05, 3.63) is 76.1 Å². The molecular weight excluding hydrogens is 610 g/mol. The molecule has 1 atom stereocenters. The number of nitriles is 1. The Kier molecular flexibility index (Phi) is 7.39. The molecule has 4 aliphatic rings. The predicted octanol–water partition coefficient (Wildman–Crippen LogP) is 3.20. The number of imide groups is 2. The molecule has 4 heterocycles. The van der Waals surface area contributed by atoms with E-state index in [1.54, 1.807) is 41.2 Å². The minimum absolute atomic E-state index is 0.0619. The first-order valence-corrected chi connectivity index (χ1v) is 16.0. The van der Waals surface area contributed by atoms with Crippen LogP contribution in [0.4, 0.5) is 11.4 Å². The zero-order valence-electron chi connectivity index (χ0n) is 26.8. The summed E-state index contributed by atoms with van der Waals surface area (Å²) in [5, 5.41) is 19.1. The van der Waals surface area contributed by atoms with Crippen molar-refractivity contribution in [2.75, 3.05) is 23.3 Å². The lowest BCUT2D eigenvalue weighted by atomic mass is 9.98. The summed E-state index contributed by atoms with van der Waals surface area (Å²) in [6.45, 7) is 6.75. The van der Waals surface area contributed by atoms with Crippen LogP contribution in [0.3, 0.4) is 0 Å². The summed E-state index contributed by atoms with van der Waals surface area (Å²) in [5.41, 5.74) is 4.04. The van der Waals surface area contributed by atoms with Gasteiger partial charge in [-0.25, -0.2) is 0 Å². The summed E-state index contributed by atoms with van der Waals surface area (Å²) in [4.78, 5) is 66.7. The van der Waals surface area contributed by atoms with Crippen LogP contribution in [0.2, 0.25) is 0 Å². The Labute approximate surface area is 277 Å². The molecule has 12 nitrogen and oxygen atoms in total. The minimum Gasteiger partial charge on any atom is -0.369 e. The lowest BCUT2D eigenvalue weighted by molar-refractivity contribution is -0.136. The monoisotopic (exact) mass is 643 g/mol. The predicted molar refractivity (Wildman–Crippen MR) is 174 cm³/mol. The fourth-order valence-electron chi connectivity index (χ4n) is 6.56. The number of carbonyl (C=O) groups excluding carboxylic acids is 5. The van der Waals surface area contributed by atoms with E-state index in [9.17, 15) is 29.2 Å². The molecular formula is C36H33N7O5. The number of benzene rings is 2. The molecule has 242 valence electrons. The Bertz CT molecular complexity index is 2030. The van der Waals surface area contributed by atoms with E-state index < -0.39 is 35.2 Å². The molecule has 0 radical (unpaired) electrons. The number of fused-ring (bicyclic) bond motifs is 1. The molecule has 7 rings (SSSR count). The molecule has 2 N–H and O–H groups in total. The molecule has 2 aromatic carbocycles. The maximum absolute atomic E-state index is 13.5. The van der Waals surface area contributed by atoms with Gasteiger partial charge in [-0.2, -0.15) is 10.4 Å². The lowest BCUT2D eigenvalue weighted by Gasteiger charge is -2.38. The van der Waals surface area contributed by atoms with Gasteiger partial charge in [-0.05, 0) is 87.9 Å². The second-order valence-corrected chi connectivity index (χ2v) is 13.3. The van der Waals surface area contributed by atoms with Gasteiger partial charge in [0, 0.05) is 30.9 Å². The van der Waals surface area contributed by atoms with Crippen molar-refractivity contribution in [3.8, 4) is 17.9 Å². The lowest BCUT2D eigenvalue weighted by Crippen LogP contribution is -2.54. The normalized spacial score (nSPS) is 19.2. The van der Waals surface area contributed by atoms with Crippen LogP contribution in [0, 0.1) is 36.0 Å². The van der Waals surface area contributed by atoms with E-state index in [4.69, 9.17) is 0 Å². The highest BCUT2D eigenvalue weighted by molar-refractivity contribution is 6.23. The number of aromatic nitrogens is 2. The molecule has 1 aromatic heterocycles. The standard InChI is InChI=1S/C36H33N7O5/c1-20-24(17-38-43(20)36(2,3)35(48)39-29-11-5-21(16-37)14-27(29)23-7-8-23)6-4-22-18-41(19-22)25-9-10-26-28(15-25)34(47)42(33(26)46)30-12-13-31(44)40-32(30)45/h5,9-11,14-15,17,22-23,30H,7-8,12-13,18-19H2,1-3H3,(H,39,48)(H,40,44,45). The van der Waals surface area contributed by atoms with Crippen LogP contribution in [0.25, 0.3) is 0 Å². The number of hydrogen-bond acceptors (Lipinski definition) is 8. The highest BCUT2D eigenvalue weighted by Gasteiger charge is 2.45. The van der Waals surface area contributed by atoms with E-state index in [-0.39, 0.29) is 35.8 Å². The number of hydrogen-bond donors (Lipinski definition) is 2. The van der Waals surface area contributed by atoms with Crippen molar-refractivity contribution in [1.82, 2.24) is 20.0 Å². The highest BCUT2D eigenvalue weighted by Crippen LogP contribution is 2.44. The molecule has 2 saturated heterocycles. The number of carbonyl (C=O) groups is 5. The maximum atomic E-state index is 13.5. The Morgan fingerprint density at radius 3 is 2.48 bits per heavy atom. The minimum atomic E-state index is -1.01. The van der Waals surface area contributed by atoms with Gasteiger partial charge in [-0.15, -0.1) is 0 Å². The maximum Gasteiger partial charge on any atom is 0.262 e. The Hall–Kier alpha value is -5.75. The molecule has 1 unspecified atom stereocenters. The van der Waals surface area contributed by atoms with E-state index in [1.165, 1.54) is 0 Å². The SMILES string of the molecule is Cc1c(C#CC2CN(c3ccc4c(c3)C(=O)N(C3CCC(=O)NC3=O)C4=O)C2)cnn1C(C)(C)C(=O)Nc1ccc(C#N)cc1C1CC1. The smallest absolute Gasteiger partial charge is 0.262 e. The molecule has 3 fully saturated rings. The topological polar surface area (TPSA) is 157 Å². The second-order valence-electron chi connectivity index (χ2n) is 13.3. The molecule has 3 aromatic rings. The number of nitrogens with zero attached hydrogens (tertiary/aromatic N) is 5. The van der Waals surface area contributed by atoms with Gasteiger partial charge in [-0.1, -0.05) is 11.8 Å². The average Bonchev–Trinajstić information content (AvgIpc) is 3.78. The van der Waals surface area contributed by atoms with Gasteiger partial charge in [0.15, 0.2) is 0 Å². The van der Waals surface area contributed by atoms with Gasteiger partial charge in [0.1, 0.15) is 11.6 Å².